The summed E-state index contributed by atoms with van der Waals surface area (Å²) >= 11 is 0. The van der Waals surface area contributed by atoms with E-state index in [0.29, 0.717) is 0 Å². The maximum absolute atomic E-state index is 9.73. The molecule has 0 radical (unpaired) electrons. The summed E-state index contributed by atoms with van der Waals surface area (Å²) in [5, 5.41) is 9.73. The van der Waals surface area contributed by atoms with E-state index < -0.39 is 0 Å². The lowest BCUT2D eigenvalue weighted by atomic mass is 9.91. The molecule has 2 rings (SSSR count). The quantitative estimate of drug-likeness (QED) is 0.885. The lowest BCUT2D eigenvalue weighted by Gasteiger charge is -2.17. The van der Waals surface area contributed by atoms with Crippen LogP contribution in [0.5, 0.6) is 11.5 Å². The van der Waals surface area contributed by atoms with Gasteiger partial charge in [-0.3, -0.25) is 0 Å². The highest BCUT2D eigenvalue weighted by Crippen LogP contribution is 2.29. The number of methoxy groups -OCH3 is 2. The van der Waals surface area contributed by atoms with Gasteiger partial charge in [-0.15, -0.1) is 0 Å². The van der Waals surface area contributed by atoms with E-state index in [0.717, 1.165) is 29.0 Å². The number of ether oxygens (including phenoxy) is 2. The van der Waals surface area contributed by atoms with Crippen LogP contribution in [-0.2, 0) is 6.42 Å². The molecule has 2 aromatic rings. The summed E-state index contributed by atoms with van der Waals surface area (Å²) < 4.78 is 10.6. The van der Waals surface area contributed by atoms with Crippen LogP contribution in [0.25, 0.3) is 0 Å². The van der Waals surface area contributed by atoms with E-state index in [-0.39, 0.29) is 12.5 Å². The SMILES string of the molecule is COc1ccc(CC(CO)c2cccc(C)c2)c(OC)c1. The van der Waals surface area contributed by atoms with E-state index >= 15 is 0 Å². The van der Waals surface area contributed by atoms with Crippen LogP contribution in [0.1, 0.15) is 22.6 Å². The summed E-state index contributed by atoms with van der Waals surface area (Å²) in [6.07, 6.45) is 0.729. The predicted molar refractivity (Wildman–Crippen MR) is 84.3 cm³/mol. The Balaban J connectivity index is 2.26. The topological polar surface area (TPSA) is 38.7 Å². The minimum Gasteiger partial charge on any atom is -0.497 e. The van der Waals surface area contributed by atoms with Gasteiger partial charge in [-0.05, 0) is 30.5 Å². The summed E-state index contributed by atoms with van der Waals surface area (Å²) in [5.74, 6) is 1.62. The molecule has 0 aliphatic rings. The van der Waals surface area contributed by atoms with Crippen molar-refractivity contribution in [1.29, 1.82) is 0 Å². The molecule has 112 valence electrons. The van der Waals surface area contributed by atoms with Crippen molar-refractivity contribution in [1.82, 2.24) is 0 Å². The lowest BCUT2D eigenvalue weighted by Crippen LogP contribution is -2.09. The van der Waals surface area contributed by atoms with E-state index in [9.17, 15) is 5.11 Å². The second kappa shape index (κ2) is 7.14. The van der Waals surface area contributed by atoms with Crippen molar-refractivity contribution in [3.05, 3.63) is 59.2 Å². The Hall–Kier alpha value is -2.00. The molecule has 1 unspecified atom stereocenters. The molecule has 21 heavy (non-hydrogen) atoms. The van der Waals surface area contributed by atoms with E-state index in [1.165, 1.54) is 5.56 Å². The third kappa shape index (κ3) is 3.76. The molecule has 1 N–H and O–H groups in total. The molecule has 1 atom stereocenters. The van der Waals surface area contributed by atoms with Gasteiger partial charge in [0.25, 0.3) is 0 Å². The first-order valence-corrected chi connectivity index (χ1v) is 7.06. The molecule has 0 saturated carbocycles. The normalized spacial score (nSPS) is 12.0. The molecule has 0 saturated heterocycles. The number of rotatable bonds is 6. The standard InChI is InChI=1S/C18H22O3/c1-13-5-4-6-14(9-13)16(12-19)10-15-7-8-17(20-2)11-18(15)21-3/h4-9,11,16,19H,10,12H2,1-3H3. The minimum absolute atomic E-state index is 0.0622. The average Bonchev–Trinajstić information content (AvgIpc) is 2.52. The van der Waals surface area contributed by atoms with E-state index in [2.05, 4.69) is 25.1 Å². The summed E-state index contributed by atoms with van der Waals surface area (Å²) in [6, 6.07) is 14.1. The number of aryl methyl sites for hydroxylation is 1. The predicted octanol–water partition coefficient (Wildman–Crippen LogP) is 3.33. The Kier molecular flexibility index (Phi) is 5.23. The molecule has 3 nitrogen and oxygen atoms in total. The number of aliphatic hydroxyl groups excluding tert-OH is 1. The van der Waals surface area contributed by atoms with Gasteiger partial charge in [0.05, 0.1) is 20.8 Å². The largest absolute Gasteiger partial charge is 0.497 e. The van der Waals surface area contributed by atoms with Crippen LogP contribution in [0.3, 0.4) is 0 Å². The summed E-state index contributed by atoms with van der Waals surface area (Å²) in [6.45, 7) is 2.17. The van der Waals surface area contributed by atoms with Gasteiger partial charge in [0, 0.05) is 12.0 Å². The molecule has 2 aromatic carbocycles. The van der Waals surface area contributed by atoms with Gasteiger partial charge in [0.2, 0.25) is 0 Å². The van der Waals surface area contributed by atoms with E-state index in [1.807, 2.05) is 24.3 Å². The third-order valence-corrected chi connectivity index (χ3v) is 3.69. The van der Waals surface area contributed by atoms with Gasteiger partial charge in [0.15, 0.2) is 0 Å². The summed E-state index contributed by atoms with van der Waals surface area (Å²) in [4.78, 5) is 0. The number of hydrogen-bond acceptors (Lipinski definition) is 3. The second-order valence-electron chi connectivity index (χ2n) is 5.18. The molecule has 0 aromatic heterocycles. The fourth-order valence-corrected chi connectivity index (χ4v) is 2.50. The highest BCUT2D eigenvalue weighted by Gasteiger charge is 2.15. The molecule has 3 heteroatoms. The van der Waals surface area contributed by atoms with Crippen LogP contribution < -0.4 is 9.47 Å². The minimum atomic E-state index is 0.0622. The molecular formula is C18H22O3. The Morgan fingerprint density at radius 1 is 1.05 bits per heavy atom. The monoisotopic (exact) mass is 286 g/mol. The average molecular weight is 286 g/mol. The first kappa shape index (κ1) is 15.4. The first-order chi connectivity index (χ1) is 10.2. The molecule has 0 heterocycles. The Morgan fingerprint density at radius 3 is 2.48 bits per heavy atom. The maximum Gasteiger partial charge on any atom is 0.125 e. The van der Waals surface area contributed by atoms with Crippen LogP contribution in [0.15, 0.2) is 42.5 Å². The van der Waals surface area contributed by atoms with Crippen LogP contribution >= 0.6 is 0 Å². The third-order valence-electron chi connectivity index (χ3n) is 3.69. The van der Waals surface area contributed by atoms with E-state index in [4.69, 9.17) is 9.47 Å². The molecule has 0 aliphatic heterocycles. The smallest absolute Gasteiger partial charge is 0.125 e. The highest BCUT2D eigenvalue weighted by atomic mass is 16.5. The molecule has 0 amide bonds. The Morgan fingerprint density at radius 2 is 1.86 bits per heavy atom. The van der Waals surface area contributed by atoms with Crippen molar-refractivity contribution in [3.8, 4) is 11.5 Å². The van der Waals surface area contributed by atoms with Gasteiger partial charge < -0.3 is 14.6 Å². The van der Waals surface area contributed by atoms with Crippen molar-refractivity contribution in [2.24, 2.45) is 0 Å². The van der Waals surface area contributed by atoms with Gasteiger partial charge in [0.1, 0.15) is 11.5 Å². The Labute approximate surface area is 126 Å². The van der Waals surface area contributed by atoms with Gasteiger partial charge in [-0.2, -0.15) is 0 Å². The van der Waals surface area contributed by atoms with Gasteiger partial charge in [-0.25, -0.2) is 0 Å². The fraction of sp³-hybridized carbons (Fsp3) is 0.333. The molecular weight excluding hydrogens is 264 g/mol. The van der Waals surface area contributed by atoms with Crippen LogP contribution in [0.2, 0.25) is 0 Å². The molecule has 0 aliphatic carbocycles. The number of hydrogen-bond donors (Lipinski definition) is 1. The van der Waals surface area contributed by atoms with Crippen molar-refractivity contribution in [3.63, 3.8) is 0 Å². The van der Waals surface area contributed by atoms with E-state index in [1.54, 1.807) is 14.2 Å². The second-order valence-corrected chi connectivity index (χ2v) is 5.18. The maximum atomic E-state index is 9.73. The molecule has 0 bridgehead atoms. The lowest BCUT2D eigenvalue weighted by molar-refractivity contribution is 0.263. The fourth-order valence-electron chi connectivity index (χ4n) is 2.50. The zero-order valence-electron chi connectivity index (χ0n) is 12.8. The summed E-state index contributed by atoms with van der Waals surface area (Å²) in [5.41, 5.74) is 3.42. The van der Waals surface area contributed by atoms with Crippen molar-refractivity contribution >= 4 is 0 Å². The number of benzene rings is 2. The zero-order chi connectivity index (χ0) is 15.2. The van der Waals surface area contributed by atoms with Crippen LogP contribution in [-0.4, -0.2) is 25.9 Å². The first-order valence-electron chi connectivity index (χ1n) is 7.06. The van der Waals surface area contributed by atoms with Crippen LogP contribution in [0.4, 0.5) is 0 Å². The Bertz CT molecular complexity index is 593. The number of aliphatic hydroxyl groups is 1. The molecule has 0 fully saturated rings. The zero-order valence-corrected chi connectivity index (χ0v) is 12.8. The molecule has 0 spiro atoms. The summed E-state index contributed by atoms with van der Waals surface area (Å²) in [7, 11) is 3.29. The van der Waals surface area contributed by atoms with Crippen molar-refractivity contribution in [2.75, 3.05) is 20.8 Å². The highest BCUT2D eigenvalue weighted by molar-refractivity contribution is 5.42. The van der Waals surface area contributed by atoms with Gasteiger partial charge >= 0.3 is 0 Å². The van der Waals surface area contributed by atoms with Crippen molar-refractivity contribution in [2.45, 2.75) is 19.3 Å². The van der Waals surface area contributed by atoms with Crippen LogP contribution in [0, 0.1) is 6.92 Å². The van der Waals surface area contributed by atoms with Gasteiger partial charge in [-0.1, -0.05) is 35.9 Å². The van der Waals surface area contributed by atoms with Crippen molar-refractivity contribution < 1.29 is 14.6 Å².